The maximum atomic E-state index is 14.2. The number of nitrogens with two attached hydrogens (primary N) is 1. The molecule has 0 aromatic heterocycles. The van der Waals surface area contributed by atoms with Gasteiger partial charge >= 0.3 is 0 Å². The van der Waals surface area contributed by atoms with Crippen LogP contribution in [0.1, 0.15) is 32.3 Å². The normalized spacial score (nSPS) is 16.5. The third-order valence-corrected chi connectivity index (χ3v) is 5.09. The van der Waals surface area contributed by atoms with E-state index in [0.717, 1.165) is 6.54 Å². The summed E-state index contributed by atoms with van der Waals surface area (Å²) in [6.45, 7) is 5.24. The lowest BCUT2D eigenvalue weighted by atomic mass is 9.92. The standard InChI is InChI=1S/C14H18BrFN2S/c1-8(2)14(5-6-14)7-18-10-4-3-9(13(17)19)11(15)12(10)16/h3-4,8,18H,5-7H2,1-2H3,(H2,17,19). The van der Waals surface area contributed by atoms with Crippen molar-refractivity contribution < 1.29 is 4.39 Å². The molecule has 0 spiro atoms. The van der Waals surface area contributed by atoms with Crippen molar-refractivity contribution >= 4 is 38.8 Å². The van der Waals surface area contributed by atoms with Crippen molar-refractivity contribution in [1.29, 1.82) is 0 Å². The SMILES string of the molecule is CC(C)C1(CNc2ccc(C(N)=S)c(Br)c2F)CC1. The monoisotopic (exact) mass is 344 g/mol. The van der Waals surface area contributed by atoms with Crippen molar-refractivity contribution in [2.75, 3.05) is 11.9 Å². The number of hydrogen-bond donors (Lipinski definition) is 2. The number of hydrogen-bond acceptors (Lipinski definition) is 2. The predicted molar refractivity (Wildman–Crippen MR) is 85.0 cm³/mol. The molecule has 104 valence electrons. The van der Waals surface area contributed by atoms with Gasteiger partial charge in [0.1, 0.15) is 4.99 Å². The van der Waals surface area contributed by atoms with E-state index in [-0.39, 0.29) is 10.8 Å². The maximum Gasteiger partial charge on any atom is 0.161 e. The first-order valence-corrected chi connectivity index (χ1v) is 7.59. The van der Waals surface area contributed by atoms with Gasteiger partial charge in [0.25, 0.3) is 0 Å². The first-order valence-electron chi connectivity index (χ1n) is 6.39. The maximum absolute atomic E-state index is 14.2. The fourth-order valence-electron chi connectivity index (χ4n) is 2.27. The van der Waals surface area contributed by atoms with Gasteiger partial charge in [0.05, 0.1) is 10.2 Å². The molecule has 1 aliphatic carbocycles. The third-order valence-electron chi connectivity index (χ3n) is 4.10. The van der Waals surface area contributed by atoms with Crippen LogP contribution in [-0.4, -0.2) is 11.5 Å². The Kier molecular flexibility index (Phi) is 4.16. The summed E-state index contributed by atoms with van der Waals surface area (Å²) in [6.07, 6.45) is 2.43. The van der Waals surface area contributed by atoms with Gasteiger partial charge in [-0.1, -0.05) is 26.1 Å². The quantitative estimate of drug-likeness (QED) is 0.790. The van der Waals surface area contributed by atoms with Crippen molar-refractivity contribution in [3.05, 3.63) is 28.0 Å². The van der Waals surface area contributed by atoms with E-state index in [1.165, 1.54) is 12.8 Å². The van der Waals surface area contributed by atoms with Crippen LogP contribution in [-0.2, 0) is 0 Å². The zero-order chi connectivity index (χ0) is 14.2. The Bertz CT molecular complexity index is 512. The van der Waals surface area contributed by atoms with Crippen molar-refractivity contribution in [2.24, 2.45) is 17.1 Å². The second kappa shape index (κ2) is 5.37. The van der Waals surface area contributed by atoms with E-state index in [4.69, 9.17) is 18.0 Å². The molecule has 1 aromatic carbocycles. The number of thiocarbonyl (C=S) groups is 1. The molecule has 2 nitrogen and oxygen atoms in total. The van der Waals surface area contributed by atoms with Gasteiger partial charge in [-0.25, -0.2) is 4.39 Å². The van der Waals surface area contributed by atoms with Gasteiger partial charge in [-0.05, 0) is 52.2 Å². The van der Waals surface area contributed by atoms with Crippen LogP contribution < -0.4 is 11.1 Å². The highest BCUT2D eigenvalue weighted by atomic mass is 79.9. The molecule has 0 atom stereocenters. The number of halogens is 2. The lowest BCUT2D eigenvalue weighted by molar-refractivity contribution is 0.379. The molecule has 0 aliphatic heterocycles. The molecule has 5 heteroatoms. The summed E-state index contributed by atoms with van der Waals surface area (Å²) in [5, 5.41) is 3.21. The van der Waals surface area contributed by atoms with Crippen molar-refractivity contribution in [3.63, 3.8) is 0 Å². The van der Waals surface area contributed by atoms with Gasteiger partial charge in [-0.15, -0.1) is 0 Å². The number of benzene rings is 1. The first kappa shape index (κ1) is 14.7. The average Bonchev–Trinajstić information content (AvgIpc) is 3.11. The fourth-order valence-corrected chi connectivity index (χ4v) is 3.13. The topological polar surface area (TPSA) is 38.0 Å². The summed E-state index contributed by atoms with van der Waals surface area (Å²) in [4.78, 5) is 0.193. The zero-order valence-corrected chi connectivity index (χ0v) is 13.5. The molecule has 0 heterocycles. The van der Waals surface area contributed by atoms with Crippen LogP contribution in [0.5, 0.6) is 0 Å². The molecule has 1 aliphatic rings. The highest BCUT2D eigenvalue weighted by molar-refractivity contribution is 9.10. The van der Waals surface area contributed by atoms with E-state index in [1.54, 1.807) is 12.1 Å². The molecule has 0 unspecified atom stereocenters. The Morgan fingerprint density at radius 1 is 1.53 bits per heavy atom. The van der Waals surface area contributed by atoms with Crippen LogP contribution in [0.2, 0.25) is 0 Å². The van der Waals surface area contributed by atoms with Crippen LogP contribution in [0, 0.1) is 17.2 Å². The Morgan fingerprint density at radius 2 is 2.16 bits per heavy atom. The second-order valence-corrected chi connectivity index (χ2v) is 6.76. The third kappa shape index (κ3) is 2.92. The molecule has 1 saturated carbocycles. The summed E-state index contributed by atoms with van der Waals surface area (Å²) in [5.74, 6) is 0.284. The Hall–Kier alpha value is -0.680. The summed E-state index contributed by atoms with van der Waals surface area (Å²) < 4.78 is 14.5. The van der Waals surface area contributed by atoms with Gasteiger partial charge in [0, 0.05) is 12.1 Å². The number of anilines is 1. The van der Waals surface area contributed by atoms with E-state index < -0.39 is 0 Å². The highest BCUT2D eigenvalue weighted by Crippen LogP contribution is 2.51. The van der Waals surface area contributed by atoms with Crippen LogP contribution in [0.3, 0.4) is 0 Å². The summed E-state index contributed by atoms with van der Waals surface area (Å²) in [5.41, 5.74) is 6.90. The Morgan fingerprint density at radius 3 is 2.63 bits per heavy atom. The fraction of sp³-hybridized carbons (Fsp3) is 0.500. The van der Waals surface area contributed by atoms with Gasteiger partial charge in [-0.2, -0.15) is 0 Å². The molecular weight excluding hydrogens is 327 g/mol. The van der Waals surface area contributed by atoms with Gasteiger partial charge in [0.2, 0.25) is 0 Å². The van der Waals surface area contributed by atoms with Crippen molar-refractivity contribution in [3.8, 4) is 0 Å². The van der Waals surface area contributed by atoms with Gasteiger partial charge < -0.3 is 11.1 Å². The summed E-state index contributed by atoms with van der Waals surface area (Å²) >= 11 is 8.10. The molecule has 0 radical (unpaired) electrons. The Labute approximate surface area is 127 Å². The smallest absolute Gasteiger partial charge is 0.161 e. The molecule has 3 N–H and O–H groups in total. The highest BCUT2D eigenvalue weighted by Gasteiger charge is 2.45. The summed E-state index contributed by atoms with van der Waals surface area (Å²) in [6, 6.07) is 3.44. The van der Waals surface area contributed by atoms with E-state index >= 15 is 0 Å². The molecule has 0 saturated heterocycles. The summed E-state index contributed by atoms with van der Waals surface area (Å²) in [7, 11) is 0. The van der Waals surface area contributed by atoms with Crippen LogP contribution in [0.15, 0.2) is 16.6 Å². The molecular formula is C14H18BrFN2S. The molecule has 0 bridgehead atoms. The van der Waals surface area contributed by atoms with E-state index in [0.29, 0.717) is 27.1 Å². The second-order valence-electron chi connectivity index (χ2n) is 5.52. The number of rotatable bonds is 5. The number of nitrogens with one attached hydrogen (secondary N) is 1. The van der Waals surface area contributed by atoms with Crippen LogP contribution >= 0.6 is 28.1 Å². The van der Waals surface area contributed by atoms with Crippen molar-refractivity contribution in [2.45, 2.75) is 26.7 Å². The van der Waals surface area contributed by atoms with Gasteiger partial charge in [0.15, 0.2) is 5.82 Å². The molecule has 0 amide bonds. The molecule has 1 fully saturated rings. The molecule has 1 aromatic rings. The van der Waals surface area contributed by atoms with Crippen LogP contribution in [0.4, 0.5) is 10.1 Å². The Balaban J connectivity index is 2.14. The lowest BCUT2D eigenvalue weighted by Crippen LogP contribution is -2.21. The van der Waals surface area contributed by atoms with Gasteiger partial charge in [-0.3, -0.25) is 0 Å². The minimum Gasteiger partial charge on any atom is -0.389 e. The molecule has 2 rings (SSSR count). The van der Waals surface area contributed by atoms with Crippen molar-refractivity contribution in [1.82, 2.24) is 0 Å². The molecule has 19 heavy (non-hydrogen) atoms. The van der Waals surface area contributed by atoms with E-state index in [1.807, 2.05) is 0 Å². The van der Waals surface area contributed by atoms with E-state index in [9.17, 15) is 4.39 Å². The minimum atomic E-state index is -0.329. The average molecular weight is 345 g/mol. The predicted octanol–water partition coefficient (Wildman–Crippen LogP) is 4.07. The zero-order valence-electron chi connectivity index (χ0n) is 11.1. The van der Waals surface area contributed by atoms with E-state index in [2.05, 4.69) is 35.1 Å². The first-order chi connectivity index (χ1) is 8.87. The largest absolute Gasteiger partial charge is 0.389 e. The lowest BCUT2D eigenvalue weighted by Gasteiger charge is -2.21. The minimum absolute atomic E-state index is 0.193. The van der Waals surface area contributed by atoms with Crippen LogP contribution in [0.25, 0.3) is 0 Å².